The maximum atomic E-state index is 12.0. The van der Waals surface area contributed by atoms with E-state index in [4.69, 9.17) is 23.7 Å². The number of rotatable bonds is 18. The Morgan fingerprint density at radius 3 is 1.96 bits per heavy atom. The molecule has 3 aromatic carbocycles. The van der Waals surface area contributed by atoms with Crippen molar-refractivity contribution in [1.82, 2.24) is 0 Å². The van der Waals surface area contributed by atoms with Gasteiger partial charge in [-0.1, -0.05) is 111 Å². The van der Waals surface area contributed by atoms with E-state index >= 15 is 0 Å². The summed E-state index contributed by atoms with van der Waals surface area (Å²) in [5, 5.41) is 1.54. The van der Waals surface area contributed by atoms with Gasteiger partial charge in [0.1, 0.15) is 5.75 Å². The van der Waals surface area contributed by atoms with Crippen LogP contribution in [0.3, 0.4) is 0 Å². The number of hydrogen-bond donors (Lipinski definition) is 0. The molecule has 1 saturated heterocycles. The van der Waals surface area contributed by atoms with E-state index in [2.05, 4.69) is 87.3 Å². The second-order valence-corrected chi connectivity index (χ2v) is 19.2. The second-order valence-electron chi connectivity index (χ2n) is 14.3. The third kappa shape index (κ3) is 11.7. The Bertz CT molecular complexity index is 1420. The summed E-state index contributed by atoms with van der Waals surface area (Å²) >= 11 is 0. The van der Waals surface area contributed by atoms with Crippen LogP contribution < -0.4 is 9.92 Å². The van der Waals surface area contributed by atoms with E-state index in [1.807, 2.05) is 26.0 Å². The largest absolute Gasteiger partial charge is 0.494 e. The molecule has 0 saturated carbocycles. The predicted molar refractivity (Wildman–Crippen MR) is 198 cm³/mol. The molecule has 1 fully saturated rings. The molecular formula is C41H56O6Si. The van der Waals surface area contributed by atoms with Crippen LogP contribution in [0.1, 0.15) is 53.4 Å². The summed E-state index contributed by atoms with van der Waals surface area (Å²) in [6.07, 6.45) is 4.19. The molecule has 0 aliphatic carbocycles. The highest BCUT2D eigenvalue weighted by atomic mass is 28.3. The molecule has 0 radical (unpaired) electrons. The maximum Gasteiger partial charge on any atom is 0.333 e. The minimum absolute atomic E-state index is 0.0570. The number of carbonyl (C=O) groups is 1. The van der Waals surface area contributed by atoms with Crippen LogP contribution in [-0.2, 0) is 23.7 Å². The van der Waals surface area contributed by atoms with Crippen LogP contribution >= 0.6 is 0 Å². The van der Waals surface area contributed by atoms with Crippen LogP contribution in [0, 0.1) is 11.8 Å². The smallest absolute Gasteiger partial charge is 0.333 e. The molecule has 6 nitrogen and oxygen atoms in total. The zero-order chi connectivity index (χ0) is 34.6. The van der Waals surface area contributed by atoms with Crippen LogP contribution in [0.15, 0.2) is 84.9 Å². The number of unbranched alkanes of at least 4 members (excludes halogenated alkanes) is 1. The summed E-state index contributed by atoms with van der Waals surface area (Å²) in [5.41, 5.74) is 5.22. The van der Waals surface area contributed by atoms with E-state index in [0.717, 1.165) is 24.2 Å². The molecule has 260 valence electrons. The molecule has 1 atom stereocenters. The molecule has 0 N–H and O–H groups in total. The highest BCUT2D eigenvalue weighted by Crippen LogP contribution is 2.27. The average Bonchev–Trinajstić information content (AvgIpc) is 3.08. The fourth-order valence-corrected chi connectivity index (χ4v) is 8.39. The molecule has 1 aliphatic heterocycles. The minimum atomic E-state index is -1.36. The van der Waals surface area contributed by atoms with Gasteiger partial charge in [0, 0.05) is 17.4 Å². The number of esters is 1. The van der Waals surface area contributed by atoms with Gasteiger partial charge in [-0.15, -0.1) is 0 Å². The van der Waals surface area contributed by atoms with Crippen LogP contribution in [0.4, 0.5) is 0 Å². The Kier molecular flexibility index (Phi) is 14.1. The summed E-state index contributed by atoms with van der Waals surface area (Å²) in [7, 11) is -1.36. The zero-order valence-electron chi connectivity index (χ0n) is 30.0. The molecule has 7 heteroatoms. The van der Waals surface area contributed by atoms with Gasteiger partial charge in [-0.05, 0) is 68.0 Å². The van der Waals surface area contributed by atoms with Gasteiger partial charge >= 0.3 is 5.97 Å². The summed E-state index contributed by atoms with van der Waals surface area (Å²) in [4.78, 5) is 12.0. The molecule has 0 amide bonds. The van der Waals surface area contributed by atoms with Gasteiger partial charge in [0.05, 0.1) is 47.7 Å². The lowest BCUT2D eigenvalue weighted by atomic mass is 10.0. The molecule has 1 heterocycles. The van der Waals surface area contributed by atoms with E-state index in [9.17, 15) is 4.79 Å². The lowest BCUT2D eigenvalue weighted by Gasteiger charge is -2.34. The van der Waals surface area contributed by atoms with E-state index < -0.39 is 13.9 Å². The Balaban J connectivity index is 1.24. The van der Waals surface area contributed by atoms with Crippen molar-refractivity contribution >= 4 is 19.2 Å². The van der Waals surface area contributed by atoms with Crippen molar-refractivity contribution in [2.45, 2.75) is 78.3 Å². The van der Waals surface area contributed by atoms with Gasteiger partial charge in [-0.25, -0.2) is 4.79 Å². The van der Waals surface area contributed by atoms with E-state index in [1.165, 1.54) is 40.8 Å². The Morgan fingerprint density at radius 2 is 1.42 bits per heavy atom. The summed E-state index contributed by atoms with van der Waals surface area (Å²) in [6.45, 7) is 19.5. The molecule has 0 spiro atoms. The molecule has 3 aromatic rings. The van der Waals surface area contributed by atoms with E-state index in [0.29, 0.717) is 38.6 Å². The molecular weight excluding hydrogens is 617 g/mol. The molecule has 1 unspecified atom stereocenters. The summed E-state index contributed by atoms with van der Waals surface area (Å²) in [5.74, 6) is 0.165. The number of benzene rings is 3. The quantitative estimate of drug-likeness (QED) is 0.0582. The van der Waals surface area contributed by atoms with Gasteiger partial charge in [0.2, 0.25) is 0 Å². The van der Waals surface area contributed by atoms with Crippen molar-refractivity contribution < 1.29 is 28.5 Å². The molecule has 0 aromatic heterocycles. The van der Waals surface area contributed by atoms with E-state index in [1.54, 1.807) is 6.92 Å². The first-order valence-electron chi connectivity index (χ1n) is 17.6. The fourth-order valence-electron chi connectivity index (χ4n) is 5.79. The summed E-state index contributed by atoms with van der Waals surface area (Å²) < 4.78 is 29.0. The molecule has 4 rings (SSSR count). The third-order valence-corrected chi connectivity index (χ3v) is 12.6. The normalized spacial score (nSPS) is 15.5. The van der Waals surface area contributed by atoms with Crippen LogP contribution in [0.25, 0.3) is 22.3 Å². The van der Waals surface area contributed by atoms with Gasteiger partial charge in [0.25, 0.3) is 0 Å². The Labute approximate surface area is 289 Å². The standard InChI is InChI=1S/C41H56O6Si/c1-8-9-25-48(6,7)39-22-18-37(19-23-39)35-14-12-34(13-15-35)36-16-20-38(21-17-36)44-24-10-11-32(28-45-40(42)31(2)3)26-43-27-33-29-46-41(4,5)47-30-33/h12-23,32-33H,2,8-11,24-30H2,1,3-7H3. The molecule has 0 bridgehead atoms. The lowest BCUT2D eigenvalue weighted by Crippen LogP contribution is -2.41. The van der Waals surface area contributed by atoms with Crippen molar-refractivity contribution in [2.75, 3.05) is 39.6 Å². The zero-order valence-corrected chi connectivity index (χ0v) is 31.0. The van der Waals surface area contributed by atoms with Gasteiger partial charge in [-0.3, -0.25) is 0 Å². The first-order valence-corrected chi connectivity index (χ1v) is 20.8. The predicted octanol–water partition coefficient (Wildman–Crippen LogP) is 9.05. The van der Waals surface area contributed by atoms with Crippen LogP contribution in [0.5, 0.6) is 5.75 Å². The number of hydrogen-bond acceptors (Lipinski definition) is 6. The first kappa shape index (κ1) is 37.6. The first-order chi connectivity index (χ1) is 23.0. The van der Waals surface area contributed by atoms with Crippen molar-refractivity contribution in [1.29, 1.82) is 0 Å². The monoisotopic (exact) mass is 672 g/mol. The average molecular weight is 673 g/mol. The van der Waals surface area contributed by atoms with Crippen molar-refractivity contribution in [3.63, 3.8) is 0 Å². The minimum Gasteiger partial charge on any atom is -0.494 e. The van der Waals surface area contributed by atoms with Crippen LogP contribution in [-0.4, -0.2) is 59.5 Å². The SMILES string of the molecule is C=C(C)C(=O)OCC(CCCOc1ccc(-c2ccc(-c3ccc([Si](C)(C)CCCC)cc3)cc2)cc1)COCC1COC(C)(C)OC1. The van der Waals surface area contributed by atoms with Crippen molar-refractivity contribution in [2.24, 2.45) is 11.8 Å². The molecule has 48 heavy (non-hydrogen) atoms. The van der Waals surface area contributed by atoms with Crippen molar-refractivity contribution in [3.05, 3.63) is 84.9 Å². The topological polar surface area (TPSA) is 63.2 Å². The van der Waals surface area contributed by atoms with Gasteiger partial charge < -0.3 is 23.7 Å². The van der Waals surface area contributed by atoms with Gasteiger partial charge in [0.15, 0.2) is 5.79 Å². The molecule has 1 aliphatic rings. The summed E-state index contributed by atoms with van der Waals surface area (Å²) in [6, 6.07) is 27.7. The number of carbonyl (C=O) groups excluding carboxylic acids is 1. The Morgan fingerprint density at radius 1 is 0.875 bits per heavy atom. The van der Waals surface area contributed by atoms with Crippen molar-refractivity contribution in [3.8, 4) is 28.0 Å². The number of ether oxygens (including phenoxy) is 5. The highest BCUT2D eigenvalue weighted by molar-refractivity contribution is 6.89. The fraction of sp³-hybridized carbons (Fsp3) is 0.488. The highest BCUT2D eigenvalue weighted by Gasteiger charge is 2.28. The van der Waals surface area contributed by atoms with Crippen LogP contribution in [0.2, 0.25) is 19.1 Å². The lowest BCUT2D eigenvalue weighted by molar-refractivity contribution is -0.266. The third-order valence-electron chi connectivity index (χ3n) is 9.09. The van der Waals surface area contributed by atoms with E-state index in [-0.39, 0.29) is 24.4 Å². The van der Waals surface area contributed by atoms with Gasteiger partial charge in [-0.2, -0.15) is 0 Å². The maximum absolute atomic E-state index is 12.0. The Hall–Kier alpha value is -3.23. The second kappa shape index (κ2) is 18.0.